The van der Waals surface area contributed by atoms with Gasteiger partial charge >= 0.3 is 0 Å². The Morgan fingerprint density at radius 3 is 2.05 bits per heavy atom. The Morgan fingerprint density at radius 1 is 0.947 bits per heavy atom. The van der Waals surface area contributed by atoms with Crippen LogP contribution >= 0.6 is 11.6 Å². The third-order valence-corrected chi connectivity index (χ3v) is 2.36. The summed E-state index contributed by atoms with van der Waals surface area (Å²) in [4.78, 5) is 0. The average Bonchev–Trinajstić information content (AvgIpc) is 2.39. The summed E-state index contributed by atoms with van der Waals surface area (Å²) in [5.41, 5.74) is -0.264. The molecular formula is C13H16ClF2O3. The molecule has 0 aliphatic heterocycles. The molecule has 0 bridgehead atoms. The van der Waals surface area contributed by atoms with Crippen LogP contribution in [0.4, 0.5) is 8.78 Å². The van der Waals surface area contributed by atoms with Crippen LogP contribution in [0, 0.1) is 18.6 Å². The van der Waals surface area contributed by atoms with Crippen LogP contribution in [-0.4, -0.2) is 38.9 Å². The molecule has 1 radical (unpaired) electrons. The van der Waals surface area contributed by atoms with Crippen molar-refractivity contribution in [1.82, 2.24) is 0 Å². The first-order valence-electron chi connectivity index (χ1n) is 5.80. The number of rotatable bonds is 9. The van der Waals surface area contributed by atoms with Crippen molar-refractivity contribution >= 4 is 11.6 Å². The molecule has 19 heavy (non-hydrogen) atoms. The highest BCUT2D eigenvalue weighted by Gasteiger charge is 2.07. The molecule has 6 heteroatoms. The molecule has 0 fully saturated rings. The average molecular weight is 294 g/mol. The van der Waals surface area contributed by atoms with E-state index in [1.54, 1.807) is 0 Å². The summed E-state index contributed by atoms with van der Waals surface area (Å²) in [5.74, 6) is -0.900. The largest absolute Gasteiger partial charge is 0.491 e. The summed E-state index contributed by atoms with van der Waals surface area (Å²) in [6.45, 7) is 5.11. The molecule has 1 aromatic rings. The highest BCUT2D eigenvalue weighted by molar-refractivity contribution is 6.17. The van der Waals surface area contributed by atoms with Gasteiger partial charge in [0.15, 0.2) is 0 Å². The first-order valence-corrected chi connectivity index (χ1v) is 6.34. The second kappa shape index (κ2) is 9.07. The van der Waals surface area contributed by atoms with Crippen molar-refractivity contribution in [2.75, 3.05) is 38.9 Å². The van der Waals surface area contributed by atoms with Gasteiger partial charge in [0, 0.05) is 23.6 Å². The fraction of sp³-hybridized carbons (Fsp3) is 0.462. The predicted molar refractivity (Wildman–Crippen MR) is 68.7 cm³/mol. The van der Waals surface area contributed by atoms with Gasteiger partial charge in [-0.15, -0.1) is 11.6 Å². The number of benzene rings is 1. The zero-order valence-corrected chi connectivity index (χ0v) is 11.2. The lowest BCUT2D eigenvalue weighted by atomic mass is 10.2. The van der Waals surface area contributed by atoms with Crippen molar-refractivity contribution in [1.29, 1.82) is 0 Å². The Labute approximate surface area is 116 Å². The van der Waals surface area contributed by atoms with E-state index < -0.39 is 11.6 Å². The van der Waals surface area contributed by atoms with E-state index in [2.05, 4.69) is 6.92 Å². The molecule has 0 aliphatic carbocycles. The zero-order chi connectivity index (χ0) is 14.1. The molecule has 0 amide bonds. The van der Waals surface area contributed by atoms with Crippen molar-refractivity contribution in [2.45, 2.75) is 0 Å². The van der Waals surface area contributed by atoms with Gasteiger partial charge in [-0.1, -0.05) is 0 Å². The van der Waals surface area contributed by atoms with E-state index >= 15 is 0 Å². The Bertz CT molecular complexity index is 365. The lowest BCUT2D eigenvalue weighted by molar-refractivity contribution is 0.0409. The molecule has 0 spiro atoms. The maximum absolute atomic E-state index is 13.1. The number of hydrogen-bond donors (Lipinski definition) is 0. The van der Waals surface area contributed by atoms with Crippen LogP contribution in [0.3, 0.4) is 0 Å². The van der Waals surface area contributed by atoms with Crippen molar-refractivity contribution in [2.24, 2.45) is 0 Å². The fourth-order valence-electron chi connectivity index (χ4n) is 1.26. The van der Waals surface area contributed by atoms with Crippen LogP contribution < -0.4 is 4.74 Å². The molecule has 1 rings (SSSR count). The van der Waals surface area contributed by atoms with E-state index in [1.807, 2.05) is 0 Å². The standard InChI is InChI=1S/C13H16ClF2O3/c1-10-12(15)8-11(9-13(10)16)19-7-6-18-5-4-17-3-2-14/h8-9H,1-7H2. The first kappa shape index (κ1) is 16.1. The molecule has 0 heterocycles. The SMILES string of the molecule is [CH2]c1c(F)cc(OCCOCCOCCCl)cc1F. The lowest BCUT2D eigenvalue weighted by Gasteiger charge is -2.08. The van der Waals surface area contributed by atoms with E-state index in [0.29, 0.717) is 32.3 Å². The van der Waals surface area contributed by atoms with Gasteiger partial charge in [-0.2, -0.15) is 0 Å². The van der Waals surface area contributed by atoms with Crippen molar-refractivity contribution in [3.8, 4) is 5.75 Å². The second-order valence-corrected chi connectivity index (χ2v) is 4.01. The summed E-state index contributed by atoms with van der Waals surface area (Å²) < 4.78 is 41.7. The monoisotopic (exact) mass is 293 g/mol. The number of hydrogen-bond acceptors (Lipinski definition) is 3. The summed E-state index contributed by atoms with van der Waals surface area (Å²) in [6.07, 6.45) is 0. The van der Waals surface area contributed by atoms with Crippen molar-refractivity contribution in [3.05, 3.63) is 36.3 Å². The topological polar surface area (TPSA) is 27.7 Å². The summed E-state index contributed by atoms with van der Waals surface area (Å²) in [6, 6.07) is 2.18. The summed E-state index contributed by atoms with van der Waals surface area (Å²) in [7, 11) is 0. The van der Waals surface area contributed by atoms with E-state index in [4.69, 9.17) is 25.8 Å². The smallest absolute Gasteiger partial charge is 0.133 e. The quantitative estimate of drug-likeness (QED) is 0.518. The van der Waals surface area contributed by atoms with Gasteiger partial charge in [-0.05, 0) is 6.92 Å². The molecule has 0 unspecified atom stereocenters. The minimum atomic E-state index is -0.731. The van der Waals surface area contributed by atoms with Gasteiger partial charge in [0.1, 0.15) is 24.0 Å². The Morgan fingerprint density at radius 2 is 1.47 bits per heavy atom. The summed E-state index contributed by atoms with van der Waals surface area (Å²) >= 11 is 5.42. The number of halogens is 3. The number of alkyl halides is 1. The van der Waals surface area contributed by atoms with E-state index in [9.17, 15) is 8.78 Å². The Kier molecular flexibility index (Phi) is 7.70. The van der Waals surface area contributed by atoms with Gasteiger partial charge in [0.05, 0.1) is 26.4 Å². The molecule has 0 saturated heterocycles. The van der Waals surface area contributed by atoms with Gasteiger partial charge < -0.3 is 14.2 Å². The second-order valence-electron chi connectivity index (χ2n) is 3.63. The van der Waals surface area contributed by atoms with Crippen LogP contribution in [0.25, 0.3) is 0 Å². The maximum Gasteiger partial charge on any atom is 0.133 e. The predicted octanol–water partition coefficient (Wildman–Crippen LogP) is 2.80. The number of ether oxygens (including phenoxy) is 3. The Hall–Kier alpha value is -0.910. The van der Waals surface area contributed by atoms with Crippen LogP contribution in [0.15, 0.2) is 12.1 Å². The highest BCUT2D eigenvalue weighted by atomic mass is 35.5. The zero-order valence-electron chi connectivity index (χ0n) is 10.5. The maximum atomic E-state index is 13.1. The van der Waals surface area contributed by atoms with Crippen molar-refractivity contribution in [3.63, 3.8) is 0 Å². The molecular weight excluding hydrogens is 278 g/mol. The third-order valence-electron chi connectivity index (χ3n) is 2.20. The normalized spacial score (nSPS) is 10.7. The van der Waals surface area contributed by atoms with E-state index in [1.165, 1.54) is 0 Å². The van der Waals surface area contributed by atoms with Crippen LogP contribution in [0.2, 0.25) is 0 Å². The van der Waals surface area contributed by atoms with E-state index in [-0.39, 0.29) is 17.9 Å². The molecule has 3 nitrogen and oxygen atoms in total. The highest BCUT2D eigenvalue weighted by Crippen LogP contribution is 2.19. The first-order chi connectivity index (χ1) is 9.15. The molecule has 0 atom stereocenters. The molecule has 0 saturated carbocycles. The Balaban J connectivity index is 2.16. The van der Waals surface area contributed by atoms with Gasteiger partial charge in [-0.25, -0.2) is 8.78 Å². The fourth-order valence-corrected chi connectivity index (χ4v) is 1.37. The summed E-state index contributed by atoms with van der Waals surface area (Å²) in [5, 5.41) is 0. The van der Waals surface area contributed by atoms with Gasteiger partial charge in [0.25, 0.3) is 0 Å². The molecule has 1 aromatic carbocycles. The van der Waals surface area contributed by atoms with Crippen molar-refractivity contribution < 1.29 is 23.0 Å². The molecule has 107 valence electrons. The van der Waals surface area contributed by atoms with Crippen LogP contribution in [0.1, 0.15) is 5.56 Å². The van der Waals surface area contributed by atoms with Crippen LogP contribution in [0.5, 0.6) is 5.75 Å². The van der Waals surface area contributed by atoms with Crippen LogP contribution in [-0.2, 0) is 9.47 Å². The molecule has 0 aromatic heterocycles. The lowest BCUT2D eigenvalue weighted by Crippen LogP contribution is -2.11. The third kappa shape index (κ3) is 6.18. The molecule has 0 N–H and O–H groups in total. The van der Waals surface area contributed by atoms with Gasteiger partial charge in [-0.3, -0.25) is 0 Å². The minimum Gasteiger partial charge on any atom is -0.491 e. The molecule has 0 aliphatic rings. The van der Waals surface area contributed by atoms with E-state index in [0.717, 1.165) is 12.1 Å². The van der Waals surface area contributed by atoms with Gasteiger partial charge in [0.2, 0.25) is 0 Å². The minimum absolute atomic E-state index is 0.115.